The standard InChI is InChI=1S/C8H11BrN2OS/c1-6-7(9)13-8(10-6)11-2-4-12-5-3-11/h2-5H2,1H3/i1D3,2D2,3D2,4D2,5D2. The van der Waals surface area contributed by atoms with Crippen LogP contribution in [-0.2, 0) is 4.74 Å². The SMILES string of the molecule is [2H]C([2H])([2H])c1nc(N2C([2H])([2H])C([2H])([2H])OC([2H])([2H])C2([2H])[2H])sc1Br. The quantitative estimate of drug-likeness (QED) is 0.783. The zero-order valence-electron chi connectivity index (χ0n) is 17.1. The fourth-order valence-electron chi connectivity index (χ4n) is 0.673. The van der Waals surface area contributed by atoms with Crippen LogP contribution in [0.15, 0.2) is 3.79 Å². The normalized spacial score (nSPS) is 46.8. The van der Waals surface area contributed by atoms with Crippen LogP contribution in [0.3, 0.4) is 0 Å². The van der Waals surface area contributed by atoms with Crippen LogP contribution in [0.1, 0.15) is 20.8 Å². The van der Waals surface area contributed by atoms with Gasteiger partial charge in [-0.15, -0.1) is 0 Å². The van der Waals surface area contributed by atoms with E-state index < -0.39 is 43.8 Å². The fraction of sp³-hybridized carbons (Fsp3) is 0.625. The lowest BCUT2D eigenvalue weighted by Crippen LogP contribution is -2.36. The van der Waals surface area contributed by atoms with Gasteiger partial charge in [-0.2, -0.15) is 0 Å². The second-order valence-corrected chi connectivity index (χ2v) is 4.28. The summed E-state index contributed by atoms with van der Waals surface area (Å²) < 4.78 is 88.4. The Labute approximate surface area is 105 Å². The molecule has 0 bridgehead atoms. The van der Waals surface area contributed by atoms with Crippen LogP contribution in [0.5, 0.6) is 0 Å². The molecule has 1 aliphatic rings. The topological polar surface area (TPSA) is 25.4 Å². The molecular weight excluding hydrogens is 252 g/mol. The van der Waals surface area contributed by atoms with Gasteiger partial charge in [-0.3, -0.25) is 0 Å². The van der Waals surface area contributed by atoms with Gasteiger partial charge in [0.1, 0.15) is 0 Å². The summed E-state index contributed by atoms with van der Waals surface area (Å²) in [7, 11) is 0. The van der Waals surface area contributed by atoms with Crippen molar-refractivity contribution in [2.75, 3.05) is 31.0 Å². The number of morpholine rings is 1. The van der Waals surface area contributed by atoms with Crippen molar-refractivity contribution in [3.63, 3.8) is 0 Å². The number of aryl methyl sites for hydroxylation is 1. The summed E-state index contributed by atoms with van der Waals surface area (Å²) in [5, 5.41) is -0.529. The van der Waals surface area contributed by atoms with E-state index in [4.69, 9.17) is 15.1 Å². The molecule has 3 nitrogen and oxygen atoms in total. The van der Waals surface area contributed by atoms with Gasteiger partial charge in [0.25, 0.3) is 0 Å². The van der Waals surface area contributed by atoms with Gasteiger partial charge in [0.15, 0.2) is 5.13 Å². The second kappa shape index (κ2) is 3.94. The summed E-state index contributed by atoms with van der Waals surface area (Å²) in [6.07, 6.45) is 0. The number of rotatable bonds is 1. The van der Waals surface area contributed by atoms with Crippen molar-refractivity contribution >= 4 is 32.4 Å². The van der Waals surface area contributed by atoms with Gasteiger partial charge < -0.3 is 9.64 Å². The van der Waals surface area contributed by atoms with Crippen LogP contribution in [0, 0.1) is 6.85 Å². The molecule has 0 atom stereocenters. The number of ether oxygens (including phenoxy) is 1. The number of thiazole rings is 1. The van der Waals surface area contributed by atoms with Crippen LogP contribution in [-0.4, -0.2) is 31.1 Å². The van der Waals surface area contributed by atoms with Crippen molar-refractivity contribution in [3.8, 4) is 0 Å². The van der Waals surface area contributed by atoms with Crippen LogP contribution in [0.2, 0.25) is 0 Å². The van der Waals surface area contributed by atoms with E-state index in [1.54, 1.807) is 0 Å². The molecule has 5 heteroatoms. The molecule has 1 aromatic heterocycles. The Balaban J connectivity index is 2.69. The zero-order valence-corrected chi connectivity index (χ0v) is 8.49. The Bertz CT molecular complexity index is 631. The molecule has 0 radical (unpaired) electrons. The first-order valence-corrected chi connectivity index (χ1v) is 4.73. The van der Waals surface area contributed by atoms with E-state index in [1.165, 1.54) is 0 Å². The molecule has 2 rings (SSSR count). The van der Waals surface area contributed by atoms with Gasteiger partial charge in [0, 0.05) is 17.1 Å². The monoisotopic (exact) mass is 273 g/mol. The predicted octanol–water partition coefficient (Wildman–Crippen LogP) is 2.05. The molecule has 0 N–H and O–H groups in total. The lowest BCUT2D eigenvalue weighted by Gasteiger charge is -2.25. The van der Waals surface area contributed by atoms with Crippen molar-refractivity contribution in [3.05, 3.63) is 9.48 Å². The molecule has 2 heterocycles. The highest BCUT2D eigenvalue weighted by Crippen LogP contribution is 2.30. The first kappa shape index (κ1) is 2.93. The number of anilines is 1. The van der Waals surface area contributed by atoms with E-state index in [-0.39, 0.29) is 8.69 Å². The highest BCUT2D eigenvalue weighted by atomic mass is 79.9. The molecule has 0 aromatic carbocycles. The summed E-state index contributed by atoms with van der Waals surface area (Å²) >= 11 is 3.51. The van der Waals surface area contributed by atoms with Crippen molar-refractivity contribution in [1.29, 1.82) is 0 Å². The predicted molar refractivity (Wildman–Crippen MR) is 57.6 cm³/mol. The van der Waals surface area contributed by atoms with E-state index in [2.05, 4.69) is 25.7 Å². The lowest BCUT2D eigenvalue weighted by atomic mass is 10.5. The summed E-state index contributed by atoms with van der Waals surface area (Å²) in [6, 6.07) is 0. The fourth-order valence-corrected chi connectivity index (χ4v) is 1.82. The molecule has 0 amide bonds. The lowest BCUT2D eigenvalue weighted by molar-refractivity contribution is 0.122. The van der Waals surface area contributed by atoms with E-state index >= 15 is 0 Å². The van der Waals surface area contributed by atoms with Crippen molar-refractivity contribution in [2.45, 2.75) is 6.85 Å². The average Bonchev–Trinajstić information content (AvgIpc) is 2.66. The minimum atomic E-state index is -3.22. The van der Waals surface area contributed by atoms with Crippen LogP contribution < -0.4 is 4.90 Å². The van der Waals surface area contributed by atoms with Gasteiger partial charge in [-0.25, -0.2) is 4.98 Å². The molecule has 1 fully saturated rings. The molecule has 0 aliphatic carbocycles. The second-order valence-electron chi connectivity index (χ2n) is 1.98. The molecule has 1 aliphatic heterocycles. The Morgan fingerprint density at radius 3 is 3.08 bits per heavy atom. The van der Waals surface area contributed by atoms with E-state index in [1.807, 2.05) is 0 Å². The van der Waals surface area contributed by atoms with E-state index in [9.17, 15) is 0 Å². The summed E-state index contributed by atoms with van der Waals surface area (Å²) in [5.41, 5.74) is -0.457. The molecule has 72 valence electrons. The number of halogens is 1. The zero-order chi connectivity index (χ0) is 18.9. The minimum Gasteiger partial charge on any atom is -0.378 e. The van der Waals surface area contributed by atoms with Gasteiger partial charge in [-0.05, 0) is 22.8 Å². The molecule has 0 saturated carbocycles. The Morgan fingerprint density at radius 1 is 1.69 bits per heavy atom. The number of hydrogen-bond acceptors (Lipinski definition) is 4. The first-order chi connectivity index (χ1) is 10.5. The van der Waals surface area contributed by atoms with Crippen molar-refractivity contribution < 1.29 is 19.8 Å². The Hall–Kier alpha value is -0.130. The third-order valence-electron chi connectivity index (χ3n) is 1.18. The number of aromatic nitrogens is 1. The van der Waals surface area contributed by atoms with Crippen LogP contribution in [0.25, 0.3) is 0 Å². The smallest absolute Gasteiger partial charge is 0.186 e. The highest BCUT2D eigenvalue weighted by molar-refractivity contribution is 9.11. The first-order valence-electron chi connectivity index (χ1n) is 8.62. The average molecular weight is 274 g/mol. The Kier molecular flexibility index (Phi) is 0.888. The summed E-state index contributed by atoms with van der Waals surface area (Å²) in [6.45, 7) is -15.4. The third kappa shape index (κ3) is 2.03. The van der Waals surface area contributed by atoms with Gasteiger partial charge >= 0.3 is 0 Å². The van der Waals surface area contributed by atoms with Gasteiger partial charge in [0.2, 0.25) is 0 Å². The minimum absolute atomic E-state index is 0.0169. The molecule has 0 unspecified atom stereocenters. The molecule has 1 saturated heterocycles. The molecule has 0 spiro atoms. The molecule has 1 aromatic rings. The van der Waals surface area contributed by atoms with Crippen molar-refractivity contribution in [2.24, 2.45) is 0 Å². The van der Waals surface area contributed by atoms with Crippen LogP contribution >= 0.6 is 27.3 Å². The molecule has 13 heavy (non-hydrogen) atoms. The maximum absolute atomic E-state index is 7.89. The Morgan fingerprint density at radius 2 is 2.46 bits per heavy atom. The third-order valence-corrected chi connectivity index (χ3v) is 2.87. The summed E-state index contributed by atoms with van der Waals surface area (Å²) in [4.78, 5) is 3.84. The number of hydrogen-bond donors (Lipinski definition) is 0. The van der Waals surface area contributed by atoms with E-state index in [0.29, 0.717) is 11.3 Å². The summed E-state index contributed by atoms with van der Waals surface area (Å²) in [5.74, 6) is 0. The highest BCUT2D eigenvalue weighted by Gasteiger charge is 2.15. The largest absolute Gasteiger partial charge is 0.378 e. The maximum atomic E-state index is 7.89. The molecular formula is C8H11BrN2OS. The van der Waals surface area contributed by atoms with Gasteiger partial charge in [0.05, 0.1) is 33.6 Å². The van der Waals surface area contributed by atoms with Crippen molar-refractivity contribution in [1.82, 2.24) is 4.98 Å². The number of nitrogens with zero attached hydrogens (tertiary/aromatic N) is 2. The maximum Gasteiger partial charge on any atom is 0.186 e. The van der Waals surface area contributed by atoms with Gasteiger partial charge in [-0.1, -0.05) is 11.3 Å². The van der Waals surface area contributed by atoms with Crippen LogP contribution in [0.4, 0.5) is 5.13 Å². The van der Waals surface area contributed by atoms with E-state index in [0.717, 1.165) is 0 Å².